The predicted octanol–water partition coefficient (Wildman–Crippen LogP) is 3.70. The Morgan fingerprint density at radius 1 is 0.938 bits per heavy atom. The molecule has 6 heteroatoms. The minimum Gasteiger partial charge on any atom is -0.348 e. The van der Waals surface area contributed by atoms with Gasteiger partial charge < -0.3 is 9.80 Å². The molecule has 0 radical (unpaired) electrons. The van der Waals surface area contributed by atoms with Crippen LogP contribution in [0.5, 0.6) is 0 Å². The molecule has 164 valence electrons. The van der Waals surface area contributed by atoms with Gasteiger partial charge in [0.05, 0.1) is 11.0 Å². The van der Waals surface area contributed by atoms with Gasteiger partial charge in [-0.25, -0.2) is 0 Å². The van der Waals surface area contributed by atoms with E-state index in [1.165, 1.54) is 0 Å². The second kappa shape index (κ2) is 9.30. The molecule has 0 unspecified atom stereocenters. The fraction of sp³-hybridized carbons (Fsp3) is 0.308. The Morgan fingerprint density at radius 3 is 2.25 bits per heavy atom. The predicted molar refractivity (Wildman–Crippen MR) is 124 cm³/mol. The molecule has 3 heterocycles. The van der Waals surface area contributed by atoms with Crippen LogP contribution in [0.1, 0.15) is 28.8 Å². The molecule has 2 aromatic heterocycles. The molecule has 4 rings (SSSR count). The molecule has 0 atom stereocenters. The molecule has 0 spiro atoms. The second-order valence-electron chi connectivity index (χ2n) is 8.59. The van der Waals surface area contributed by atoms with E-state index in [2.05, 4.69) is 22.1 Å². The number of nitrogens with zero attached hydrogens (tertiary/aromatic N) is 4. The van der Waals surface area contributed by atoms with Crippen molar-refractivity contribution < 1.29 is 9.59 Å². The van der Waals surface area contributed by atoms with Crippen LogP contribution in [0, 0.1) is 5.41 Å². The van der Waals surface area contributed by atoms with Crippen LogP contribution in [0.2, 0.25) is 0 Å². The monoisotopic (exact) mass is 428 g/mol. The first-order chi connectivity index (χ1) is 15.5. The van der Waals surface area contributed by atoms with Gasteiger partial charge in [-0.2, -0.15) is 0 Å². The van der Waals surface area contributed by atoms with Gasteiger partial charge in [-0.1, -0.05) is 30.3 Å². The Balaban J connectivity index is 1.60. The van der Waals surface area contributed by atoms with Crippen LogP contribution in [0.25, 0.3) is 11.1 Å². The number of benzene rings is 1. The number of aromatic nitrogens is 2. The number of pyridine rings is 2. The minimum atomic E-state index is -0.548. The summed E-state index contributed by atoms with van der Waals surface area (Å²) in [5.74, 6) is 0.0896. The summed E-state index contributed by atoms with van der Waals surface area (Å²) in [5.41, 5.74) is 3.30. The molecule has 1 saturated heterocycles. The van der Waals surface area contributed by atoms with Crippen LogP contribution in [-0.4, -0.2) is 58.8 Å². The van der Waals surface area contributed by atoms with Crippen LogP contribution in [0.15, 0.2) is 73.3 Å². The van der Waals surface area contributed by atoms with Crippen molar-refractivity contribution in [3.63, 3.8) is 0 Å². The SMILES string of the molecule is CN(C)C(=O)C1(Cc2ccccc2-c2cccnc2)CCN(C(=O)c2cccnc2)CC1. The molecule has 1 aromatic carbocycles. The molecule has 0 saturated carbocycles. The van der Waals surface area contributed by atoms with Gasteiger partial charge in [-0.15, -0.1) is 0 Å². The number of amides is 2. The van der Waals surface area contributed by atoms with E-state index in [1.54, 1.807) is 35.6 Å². The zero-order valence-electron chi connectivity index (χ0n) is 18.6. The highest BCUT2D eigenvalue weighted by Gasteiger charge is 2.43. The van der Waals surface area contributed by atoms with Crippen LogP contribution < -0.4 is 0 Å². The number of likely N-dealkylation sites (tertiary alicyclic amines) is 1. The van der Waals surface area contributed by atoms with E-state index in [4.69, 9.17) is 0 Å². The zero-order valence-corrected chi connectivity index (χ0v) is 18.6. The number of carbonyl (C=O) groups is 2. The van der Waals surface area contributed by atoms with Gasteiger partial charge in [0.25, 0.3) is 5.91 Å². The van der Waals surface area contributed by atoms with Crippen molar-refractivity contribution in [3.05, 3.63) is 84.4 Å². The van der Waals surface area contributed by atoms with Crippen molar-refractivity contribution in [2.24, 2.45) is 5.41 Å². The van der Waals surface area contributed by atoms with Gasteiger partial charge in [0.1, 0.15) is 0 Å². The van der Waals surface area contributed by atoms with Crippen molar-refractivity contribution >= 4 is 11.8 Å². The lowest BCUT2D eigenvalue weighted by molar-refractivity contribution is -0.142. The average molecular weight is 429 g/mol. The maximum atomic E-state index is 13.4. The maximum Gasteiger partial charge on any atom is 0.255 e. The first-order valence-electron chi connectivity index (χ1n) is 10.9. The van der Waals surface area contributed by atoms with E-state index in [0.29, 0.717) is 37.9 Å². The Bertz CT molecular complexity index is 1080. The van der Waals surface area contributed by atoms with E-state index >= 15 is 0 Å². The molecule has 3 aromatic rings. The molecule has 6 nitrogen and oxygen atoms in total. The van der Waals surface area contributed by atoms with Crippen molar-refractivity contribution in [1.29, 1.82) is 0 Å². The van der Waals surface area contributed by atoms with Gasteiger partial charge in [0.15, 0.2) is 0 Å². The molecule has 32 heavy (non-hydrogen) atoms. The van der Waals surface area contributed by atoms with Gasteiger partial charge in [0, 0.05) is 57.5 Å². The van der Waals surface area contributed by atoms with Crippen molar-refractivity contribution in [2.75, 3.05) is 27.2 Å². The largest absolute Gasteiger partial charge is 0.348 e. The average Bonchev–Trinajstić information content (AvgIpc) is 2.85. The molecule has 0 N–H and O–H groups in total. The van der Waals surface area contributed by atoms with E-state index < -0.39 is 5.41 Å². The molecular weight excluding hydrogens is 400 g/mol. The third-order valence-corrected chi connectivity index (χ3v) is 6.29. The Morgan fingerprint density at radius 2 is 1.62 bits per heavy atom. The summed E-state index contributed by atoms with van der Waals surface area (Å²) in [6, 6.07) is 15.7. The normalized spacial score (nSPS) is 15.2. The van der Waals surface area contributed by atoms with Crippen LogP contribution in [-0.2, 0) is 11.2 Å². The van der Waals surface area contributed by atoms with Gasteiger partial charge in [-0.05, 0) is 48.6 Å². The minimum absolute atomic E-state index is 0.0280. The molecule has 1 fully saturated rings. The summed E-state index contributed by atoms with van der Waals surface area (Å²) in [6.45, 7) is 1.09. The first kappa shape index (κ1) is 21.7. The smallest absolute Gasteiger partial charge is 0.255 e. The maximum absolute atomic E-state index is 13.4. The number of piperidine rings is 1. The molecular formula is C26H28N4O2. The van der Waals surface area contributed by atoms with Gasteiger partial charge in [-0.3, -0.25) is 19.6 Å². The summed E-state index contributed by atoms with van der Waals surface area (Å²) < 4.78 is 0. The van der Waals surface area contributed by atoms with Crippen LogP contribution >= 0.6 is 0 Å². The Kier molecular flexibility index (Phi) is 6.30. The first-order valence-corrected chi connectivity index (χ1v) is 10.9. The van der Waals surface area contributed by atoms with Gasteiger partial charge >= 0.3 is 0 Å². The molecule has 0 bridgehead atoms. The standard InChI is InChI=1S/C26H28N4O2/c1-29(2)25(32)26(11-15-30(16-12-26)24(31)22-9-6-14-28-19-22)17-20-7-3-4-10-23(20)21-8-5-13-27-18-21/h3-10,13-14,18-19H,11-12,15-17H2,1-2H3. The highest BCUT2D eigenvalue weighted by molar-refractivity contribution is 5.94. The van der Waals surface area contributed by atoms with E-state index in [1.807, 2.05) is 49.5 Å². The van der Waals surface area contributed by atoms with Crippen molar-refractivity contribution in [1.82, 2.24) is 19.8 Å². The number of carbonyl (C=O) groups excluding carboxylic acids is 2. The summed E-state index contributed by atoms with van der Waals surface area (Å²) in [7, 11) is 3.62. The van der Waals surface area contributed by atoms with E-state index in [-0.39, 0.29) is 11.8 Å². The summed E-state index contributed by atoms with van der Waals surface area (Å²) in [5, 5.41) is 0. The summed E-state index contributed by atoms with van der Waals surface area (Å²) >= 11 is 0. The van der Waals surface area contributed by atoms with Gasteiger partial charge in [0.2, 0.25) is 5.91 Å². The number of hydrogen-bond donors (Lipinski definition) is 0. The lowest BCUT2D eigenvalue weighted by Crippen LogP contribution is -2.51. The molecule has 1 aliphatic rings. The molecule has 2 amide bonds. The van der Waals surface area contributed by atoms with E-state index in [0.717, 1.165) is 16.7 Å². The third-order valence-electron chi connectivity index (χ3n) is 6.29. The van der Waals surface area contributed by atoms with Crippen LogP contribution in [0.4, 0.5) is 0 Å². The molecule has 0 aliphatic carbocycles. The van der Waals surface area contributed by atoms with Crippen molar-refractivity contribution in [3.8, 4) is 11.1 Å². The third kappa shape index (κ3) is 4.40. The van der Waals surface area contributed by atoms with Crippen molar-refractivity contribution in [2.45, 2.75) is 19.3 Å². The second-order valence-corrected chi connectivity index (χ2v) is 8.59. The molecule has 1 aliphatic heterocycles. The number of rotatable bonds is 5. The number of hydrogen-bond acceptors (Lipinski definition) is 4. The highest BCUT2D eigenvalue weighted by atomic mass is 16.2. The lowest BCUT2D eigenvalue weighted by Gasteiger charge is -2.42. The highest BCUT2D eigenvalue weighted by Crippen LogP contribution is 2.39. The topological polar surface area (TPSA) is 66.4 Å². The fourth-order valence-corrected chi connectivity index (χ4v) is 4.59. The lowest BCUT2D eigenvalue weighted by atomic mass is 9.71. The zero-order chi connectivity index (χ0) is 22.6. The fourth-order valence-electron chi connectivity index (χ4n) is 4.59. The Hall–Kier alpha value is -3.54. The summed E-state index contributed by atoms with van der Waals surface area (Å²) in [4.78, 5) is 38.2. The Labute approximate surface area is 188 Å². The van der Waals surface area contributed by atoms with Crippen LogP contribution in [0.3, 0.4) is 0 Å². The quantitative estimate of drug-likeness (QED) is 0.622. The summed E-state index contributed by atoms with van der Waals surface area (Å²) in [6.07, 6.45) is 8.75. The van der Waals surface area contributed by atoms with E-state index in [9.17, 15) is 9.59 Å².